The molecular formula is C28H28FN3OS. The van der Waals surface area contributed by atoms with Gasteiger partial charge in [-0.15, -0.1) is 11.3 Å². The molecule has 3 heterocycles. The zero-order valence-electron chi connectivity index (χ0n) is 19.7. The van der Waals surface area contributed by atoms with Crippen LogP contribution < -0.4 is 0 Å². The van der Waals surface area contributed by atoms with Crippen LogP contribution >= 0.6 is 11.3 Å². The molecule has 1 unspecified atom stereocenters. The van der Waals surface area contributed by atoms with Gasteiger partial charge in [-0.3, -0.25) is 4.79 Å². The summed E-state index contributed by atoms with van der Waals surface area (Å²) in [6.45, 7) is 7.52. The molecule has 2 aliphatic rings. The zero-order valence-corrected chi connectivity index (χ0v) is 20.5. The molecule has 2 aliphatic heterocycles. The van der Waals surface area contributed by atoms with Crippen molar-refractivity contribution < 1.29 is 9.18 Å². The van der Waals surface area contributed by atoms with Crippen LogP contribution in [0.3, 0.4) is 0 Å². The topological polar surface area (TPSA) is 36.4 Å². The summed E-state index contributed by atoms with van der Waals surface area (Å²) in [5.74, 6) is 0.0197. The molecule has 1 atom stereocenters. The highest BCUT2D eigenvalue weighted by Crippen LogP contribution is 2.36. The molecular weight excluding hydrogens is 445 g/mol. The van der Waals surface area contributed by atoms with Crippen LogP contribution in [0.15, 0.2) is 60.8 Å². The fourth-order valence-electron chi connectivity index (χ4n) is 4.72. The number of amides is 1. The largest absolute Gasteiger partial charge is 0.338 e. The number of benzene rings is 2. The molecule has 0 spiro atoms. The van der Waals surface area contributed by atoms with Crippen molar-refractivity contribution in [3.8, 4) is 0 Å². The number of aryl methyl sites for hydroxylation is 2. The van der Waals surface area contributed by atoms with Crippen LogP contribution in [0.4, 0.5) is 4.39 Å². The number of thiazole rings is 1. The third kappa shape index (κ3) is 4.42. The van der Waals surface area contributed by atoms with E-state index < -0.39 is 0 Å². The van der Waals surface area contributed by atoms with E-state index in [1.54, 1.807) is 18.3 Å². The first-order valence-electron chi connectivity index (χ1n) is 11.6. The van der Waals surface area contributed by atoms with Gasteiger partial charge in [0.05, 0.1) is 17.2 Å². The summed E-state index contributed by atoms with van der Waals surface area (Å²) in [6, 6.07) is 15.4. The summed E-state index contributed by atoms with van der Waals surface area (Å²) in [4.78, 5) is 23.2. The van der Waals surface area contributed by atoms with Crippen molar-refractivity contribution >= 4 is 28.5 Å². The molecule has 1 amide bonds. The second kappa shape index (κ2) is 9.18. The Labute approximate surface area is 204 Å². The molecule has 3 aromatic rings. The fourth-order valence-corrected chi connectivity index (χ4v) is 5.72. The molecule has 5 rings (SSSR count). The fraction of sp³-hybridized carbons (Fsp3) is 0.286. The standard InChI is InChI=1S/C28H28FN3OS/c1-18-14-26(21-7-5-4-6-8-21)32(15-23(18)22-9-10-24(29)19(2)13-22)17-28(33)31-12-11-25-27(16-31)34-20(3)30-25/h4-10,13-15,18H,11-12,16-17H2,1-3H3. The van der Waals surface area contributed by atoms with Crippen molar-refractivity contribution in [1.82, 2.24) is 14.8 Å². The van der Waals surface area contributed by atoms with Gasteiger partial charge in [0.2, 0.25) is 5.91 Å². The Morgan fingerprint density at radius 3 is 2.71 bits per heavy atom. The Balaban J connectivity index is 1.45. The molecule has 0 radical (unpaired) electrons. The summed E-state index contributed by atoms with van der Waals surface area (Å²) in [6.07, 6.45) is 5.08. The van der Waals surface area contributed by atoms with Crippen LogP contribution in [0.25, 0.3) is 11.3 Å². The normalized spacial score (nSPS) is 17.8. The van der Waals surface area contributed by atoms with E-state index in [9.17, 15) is 9.18 Å². The van der Waals surface area contributed by atoms with Gasteiger partial charge in [0.1, 0.15) is 12.4 Å². The Bertz CT molecular complexity index is 1290. The lowest BCUT2D eigenvalue weighted by molar-refractivity contribution is -0.132. The first-order valence-corrected chi connectivity index (χ1v) is 12.5. The molecule has 1 aromatic heterocycles. The first kappa shape index (κ1) is 22.5. The molecule has 6 heteroatoms. The van der Waals surface area contributed by atoms with E-state index in [-0.39, 0.29) is 24.2 Å². The van der Waals surface area contributed by atoms with E-state index in [0.29, 0.717) is 18.7 Å². The smallest absolute Gasteiger partial charge is 0.242 e. The molecule has 0 bridgehead atoms. The highest BCUT2D eigenvalue weighted by molar-refractivity contribution is 7.11. The van der Waals surface area contributed by atoms with Gasteiger partial charge in [-0.05, 0) is 48.2 Å². The van der Waals surface area contributed by atoms with Crippen LogP contribution in [0.1, 0.15) is 39.2 Å². The number of hydrogen-bond donors (Lipinski definition) is 0. The molecule has 0 aliphatic carbocycles. The van der Waals surface area contributed by atoms with Crippen LogP contribution in [0.2, 0.25) is 0 Å². The maximum atomic E-state index is 13.9. The van der Waals surface area contributed by atoms with Gasteiger partial charge in [0.25, 0.3) is 0 Å². The third-order valence-electron chi connectivity index (χ3n) is 6.56. The highest BCUT2D eigenvalue weighted by atomic mass is 32.1. The van der Waals surface area contributed by atoms with Gasteiger partial charge in [-0.2, -0.15) is 0 Å². The predicted octanol–water partition coefficient (Wildman–Crippen LogP) is 5.82. The van der Waals surface area contributed by atoms with E-state index in [2.05, 4.69) is 41.2 Å². The van der Waals surface area contributed by atoms with Crippen LogP contribution in [-0.4, -0.2) is 33.8 Å². The van der Waals surface area contributed by atoms with E-state index in [1.165, 1.54) is 10.9 Å². The van der Waals surface area contributed by atoms with Crippen molar-refractivity contribution in [2.75, 3.05) is 13.1 Å². The number of carbonyl (C=O) groups excluding carboxylic acids is 1. The summed E-state index contributed by atoms with van der Waals surface area (Å²) in [5, 5.41) is 1.06. The lowest BCUT2D eigenvalue weighted by atomic mass is 9.89. The lowest BCUT2D eigenvalue weighted by Crippen LogP contribution is -2.41. The second-order valence-electron chi connectivity index (χ2n) is 9.05. The summed E-state index contributed by atoms with van der Waals surface area (Å²) < 4.78 is 13.9. The van der Waals surface area contributed by atoms with Gasteiger partial charge in [0, 0.05) is 35.7 Å². The van der Waals surface area contributed by atoms with Crippen LogP contribution in [0.5, 0.6) is 0 Å². The van der Waals surface area contributed by atoms with E-state index in [0.717, 1.165) is 39.5 Å². The van der Waals surface area contributed by atoms with Gasteiger partial charge in [-0.25, -0.2) is 9.37 Å². The number of allylic oxidation sites excluding steroid dienone is 2. The maximum absolute atomic E-state index is 13.9. The molecule has 0 fully saturated rings. The minimum absolute atomic E-state index is 0.0963. The number of aromatic nitrogens is 1. The Kier molecular flexibility index (Phi) is 6.09. The van der Waals surface area contributed by atoms with E-state index >= 15 is 0 Å². The minimum atomic E-state index is -0.205. The average Bonchev–Trinajstić information content (AvgIpc) is 3.21. The van der Waals surface area contributed by atoms with Crippen LogP contribution in [0, 0.1) is 25.6 Å². The molecule has 174 valence electrons. The Morgan fingerprint density at radius 1 is 1.15 bits per heavy atom. The van der Waals surface area contributed by atoms with Crippen molar-refractivity contribution in [1.29, 1.82) is 0 Å². The third-order valence-corrected chi connectivity index (χ3v) is 7.56. The monoisotopic (exact) mass is 473 g/mol. The summed E-state index contributed by atoms with van der Waals surface area (Å²) in [5.41, 5.74) is 5.92. The number of carbonyl (C=O) groups is 1. The number of rotatable bonds is 4. The molecule has 0 saturated heterocycles. The number of hydrogen-bond acceptors (Lipinski definition) is 4. The predicted molar refractivity (Wildman–Crippen MR) is 135 cm³/mol. The van der Waals surface area contributed by atoms with Crippen LogP contribution in [-0.2, 0) is 17.8 Å². The Morgan fingerprint density at radius 2 is 1.94 bits per heavy atom. The molecule has 34 heavy (non-hydrogen) atoms. The molecule has 0 N–H and O–H groups in total. The van der Waals surface area contributed by atoms with Crippen molar-refractivity contribution in [2.24, 2.45) is 5.92 Å². The lowest BCUT2D eigenvalue weighted by Gasteiger charge is -2.34. The molecule has 4 nitrogen and oxygen atoms in total. The van der Waals surface area contributed by atoms with Gasteiger partial charge >= 0.3 is 0 Å². The van der Waals surface area contributed by atoms with Crippen molar-refractivity contribution in [3.05, 3.63) is 98.9 Å². The SMILES string of the molecule is Cc1nc2c(s1)CN(C(=O)CN1C=C(c3ccc(F)c(C)c3)C(C)C=C1c1ccccc1)CC2. The van der Waals surface area contributed by atoms with Gasteiger partial charge < -0.3 is 9.80 Å². The Hall–Kier alpha value is -3.25. The maximum Gasteiger partial charge on any atom is 0.242 e. The van der Waals surface area contributed by atoms with E-state index in [4.69, 9.17) is 0 Å². The first-order chi connectivity index (χ1) is 16.4. The van der Waals surface area contributed by atoms with E-state index in [1.807, 2.05) is 42.2 Å². The second-order valence-corrected chi connectivity index (χ2v) is 10.3. The van der Waals surface area contributed by atoms with Gasteiger partial charge in [-0.1, -0.05) is 49.4 Å². The van der Waals surface area contributed by atoms with Crippen molar-refractivity contribution in [2.45, 2.75) is 33.7 Å². The highest BCUT2D eigenvalue weighted by Gasteiger charge is 2.28. The number of halogens is 1. The molecule has 2 aromatic carbocycles. The van der Waals surface area contributed by atoms with Gasteiger partial charge in [0.15, 0.2) is 0 Å². The van der Waals surface area contributed by atoms with Crippen molar-refractivity contribution in [3.63, 3.8) is 0 Å². The summed E-state index contributed by atoms with van der Waals surface area (Å²) in [7, 11) is 0. The molecule has 0 saturated carbocycles. The summed E-state index contributed by atoms with van der Waals surface area (Å²) >= 11 is 1.68. The quantitative estimate of drug-likeness (QED) is 0.479. The minimum Gasteiger partial charge on any atom is -0.338 e. The zero-order chi connectivity index (χ0) is 23.8. The number of nitrogens with zero attached hydrogens (tertiary/aromatic N) is 3. The number of fused-ring (bicyclic) bond motifs is 1. The average molecular weight is 474 g/mol.